The van der Waals surface area contributed by atoms with E-state index in [0.717, 1.165) is 19.4 Å². The van der Waals surface area contributed by atoms with Gasteiger partial charge in [0.1, 0.15) is 0 Å². The van der Waals surface area contributed by atoms with Gasteiger partial charge in [0, 0.05) is 27.7 Å². The van der Waals surface area contributed by atoms with Gasteiger partial charge in [-0.2, -0.15) is 0 Å². The van der Waals surface area contributed by atoms with E-state index in [0.29, 0.717) is 16.3 Å². The standard InChI is InChI=1S/C15H15ClN2OS/c16-11-7-10(8-12(17)9-11)15(19)18-5-1-3-13(18)14-4-2-6-20-14/h2,4,6-9,13H,1,3,5,17H2. The predicted molar refractivity (Wildman–Crippen MR) is 83.2 cm³/mol. The predicted octanol–water partition coefficient (Wildman–Crippen LogP) is 3.96. The van der Waals surface area contributed by atoms with Crippen molar-refractivity contribution in [2.24, 2.45) is 0 Å². The van der Waals surface area contributed by atoms with Crippen molar-refractivity contribution in [3.8, 4) is 0 Å². The van der Waals surface area contributed by atoms with E-state index >= 15 is 0 Å². The van der Waals surface area contributed by atoms with Crippen molar-refractivity contribution in [3.05, 3.63) is 51.2 Å². The summed E-state index contributed by atoms with van der Waals surface area (Å²) in [6.07, 6.45) is 2.05. The molecule has 104 valence electrons. The number of rotatable bonds is 2. The van der Waals surface area contributed by atoms with Gasteiger partial charge in [-0.15, -0.1) is 11.3 Å². The van der Waals surface area contributed by atoms with E-state index in [1.807, 2.05) is 16.3 Å². The minimum absolute atomic E-state index is 0.00935. The Kier molecular flexibility index (Phi) is 3.68. The molecule has 1 amide bonds. The molecule has 0 radical (unpaired) electrons. The summed E-state index contributed by atoms with van der Waals surface area (Å²) in [7, 11) is 0. The fraction of sp³-hybridized carbons (Fsp3) is 0.267. The van der Waals surface area contributed by atoms with Gasteiger partial charge in [0.25, 0.3) is 5.91 Å². The lowest BCUT2D eigenvalue weighted by atomic mass is 10.1. The maximum atomic E-state index is 12.7. The number of hydrogen-bond donors (Lipinski definition) is 1. The first-order chi connectivity index (χ1) is 9.65. The van der Waals surface area contributed by atoms with E-state index in [4.69, 9.17) is 17.3 Å². The monoisotopic (exact) mass is 306 g/mol. The van der Waals surface area contributed by atoms with Crippen LogP contribution in [0.2, 0.25) is 5.02 Å². The third-order valence-electron chi connectivity index (χ3n) is 3.55. The van der Waals surface area contributed by atoms with Crippen LogP contribution in [0.4, 0.5) is 5.69 Å². The van der Waals surface area contributed by atoms with E-state index in [9.17, 15) is 4.79 Å². The van der Waals surface area contributed by atoms with E-state index < -0.39 is 0 Å². The van der Waals surface area contributed by atoms with Crippen molar-refractivity contribution >= 4 is 34.5 Å². The van der Waals surface area contributed by atoms with Crippen molar-refractivity contribution in [2.45, 2.75) is 18.9 Å². The molecule has 1 atom stereocenters. The number of halogens is 1. The molecule has 2 heterocycles. The maximum absolute atomic E-state index is 12.7. The molecule has 0 spiro atoms. The Bertz CT molecular complexity index is 607. The van der Waals surface area contributed by atoms with Crippen LogP contribution in [0, 0.1) is 0 Å². The minimum Gasteiger partial charge on any atom is -0.399 e. The Morgan fingerprint density at radius 1 is 1.40 bits per heavy atom. The number of benzene rings is 1. The van der Waals surface area contributed by atoms with Gasteiger partial charge in [0.05, 0.1) is 6.04 Å². The molecule has 1 saturated heterocycles. The first-order valence-corrected chi connectivity index (χ1v) is 7.81. The molecular weight excluding hydrogens is 292 g/mol. The van der Waals surface area contributed by atoms with Crippen molar-refractivity contribution in [3.63, 3.8) is 0 Å². The Hall–Kier alpha value is -1.52. The number of anilines is 1. The second kappa shape index (κ2) is 5.46. The smallest absolute Gasteiger partial charge is 0.254 e. The van der Waals surface area contributed by atoms with Crippen LogP contribution in [0.1, 0.15) is 34.1 Å². The molecule has 0 saturated carbocycles. The highest BCUT2D eigenvalue weighted by atomic mass is 35.5. The highest BCUT2D eigenvalue weighted by Gasteiger charge is 2.31. The molecule has 1 aliphatic heterocycles. The van der Waals surface area contributed by atoms with Gasteiger partial charge in [0.2, 0.25) is 0 Å². The number of thiophene rings is 1. The van der Waals surface area contributed by atoms with Crippen molar-refractivity contribution in [1.82, 2.24) is 4.90 Å². The summed E-state index contributed by atoms with van der Waals surface area (Å²) in [6, 6.07) is 9.33. The average molecular weight is 307 g/mol. The Morgan fingerprint density at radius 2 is 2.25 bits per heavy atom. The van der Waals surface area contributed by atoms with Crippen LogP contribution in [0.25, 0.3) is 0 Å². The molecule has 1 unspecified atom stereocenters. The summed E-state index contributed by atoms with van der Waals surface area (Å²) in [4.78, 5) is 15.8. The third-order valence-corrected chi connectivity index (χ3v) is 4.74. The van der Waals surface area contributed by atoms with Crippen molar-refractivity contribution in [1.29, 1.82) is 0 Å². The normalized spacial score (nSPS) is 18.4. The Labute approximate surface area is 127 Å². The molecular formula is C15H15ClN2OS. The lowest BCUT2D eigenvalue weighted by Gasteiger charge is -2.24. The molecule has 3 rings (SSSR count). The summed E-state index contributed by atoms with van der Waals surface area (Å²) in [5, 5.41) is 2.55. The van der Waals surface area contributed by atoms with Gasteiger partial charge in [-0.3, -0.25) is 4.79 Å². The zero-order valence-corrected chi connectivity index (χ0v) is 12.5. The molecule has 2 aromatic rings. The zero-order valence-electron chi connectivity index (χ0n) is 10.9. The number of carbonyl (C=O) groups excluding carboxylic acids is 1. The zero-order chi connectivity index (χ0) is 14.1. The molecule has 0 aliphatic carbocycles. The van der Waals surface area contributed by atoms with E-state index in [-0.39, 0.29) is 11.9 Å². The lowest BCUT2D eigenvalue weighted by molar-refractivity contribution is 0.0738. The van der Waals surface area contributed by atoms with E-state index in [1.54, 1.807) is 29.5 Å². The van der Waals surface area contributed by atoms with Crippen LogP contribution >= 0.6 is 22.9 Å². The van der Waals surface area contributed by atoms with Gasteiger partial charge < -0.3 is 10.6 Å². The molecule has 20 heavy (non-hydrogen) atoms. The summed E-state index contributed by atoms with van der Waals surface area (Å²) in [5.74, 6) is 0.00935. The molecule has 3 nitrogen and oxygen atoms in total. The number of nitrogens with zero attached hydrogens (tertiary/aromatic N) is 1. The summed E-state index contributed by atoms with van der Waals surface area (Å²) < 4.78 is 0. The van der Waals surface area contributed by atoms with Gasteiger partial charge in [-0.05, 0) is 42.5 Å². The SMILES string of the molecule is Nc1cc(Cl)cc(C(=O)N2CCCC2c2cccs2)c1. The number of likely N-dealkylation sites (tertiary alicyclic amines) is 1. The molecule has 0 bridgehead atoms. The Balaban J connectivity index is 1.89. The second-order valence-corrected chi connectivity index (χ2v) is 6.36. The van der Waals surface area contributed by atoms with E-state index in [2.05, 4.69) is 6.07 Å². The maximum Gasteiger partial charge on any atom is 0.254 e. The minimum atomic E-state index is 0.00935. The topological polar surface area (TPSA) is 46.3 Å². The fourth-order valence-corrected chi connectivity index (χ4v) is 3.81. The van der Waals surface area contributed by atoms with Gasteiger partial charge >= 0.3 is 0 Å². The highest BCUT2D eigenvalue weighted by molar-refractivity contribution is 7.10. The van der Waals surface area contributed by atoms with Gasteiger partial charge in [-0.1, -0.05) is 17.7 Å². The van der Waals surface area contributed by atoms with Gasteiger partial charge in [0.15, 0.2) is 0 Å². The molecule has 1 fully saturated rings. The van der Waals surface area contributed by atoms with Crippen LogP contribution in [0.15, 0.2) is 35.7 Å². The molecule has 2 N–H and O–H groups in total. The molecule has 5 heteroatoms. The molecule has 1 aliphatic rings. The van der Waals surface area contributed by atoms with Crippen molar-refractivity contribution < 1.29 is 4.79 Å². The molecule has 1 aromatic heterocycles. The quantitative estimate of drug-likeness (QED) is 0.854. The van der Waals surface area contributed by atoms with Crippen molar-refractivity contribution in [2.75, 3.05) is 12.3 Å². The van der Waals surface area contributed by atoms with Crippen LogP contribution in [-0.4, -0.2) is 17.4 Å². The summed E-state index contributed by atoms with van der Waals surface area (Å²) in [6.45, 7) is 0.786. The first-order valence-electron chi connectivity index (χ1n) is 6.55. The van der Waals surface area contributed by atoms with Crippen LogP contribution in [-0.2, 0) is 0 Å². The summed E-state index contributed by atoms with van der Waals surface area (Å²) >= 11 is 7.69. The number of carbonyl (C=O) groups is 1. The molecule has 1 aromatic carbocycles. The van der Waals surface area contributed by atoms with Crippen LogP contribution in [0.3, 0.4) is 0 Å². The van der Waals surface area contributed by atoms with E-state index in [1.165, 1.54) is 4.88 Å². The lowest BCUT2D eigenvalue weighted by Crippen LogP contribution is -2.30. The number of amides is 1. The number of nitrogens with two attached hydrogens (primary N) is 1. The summed E-state index contributed by atoms with van der Waals surface area (Å²) in [5.41, 5.74) is 6.86. The highest BCUT2D eigenvalue weighted by Crippen LogP contribution is 2.35. The Morgan fingerprint density at radius 3 is 2.95 bits per heavy atom. The first kappa shape index (κ1) is 13.5. The average Bonchev–Trinajstić information content (AvgIpc) is 3.07. The largest absolute Gasteiger partial charge is 0.399 e. The third kappa shape index (κ3) is 2.53. The van der Waals surface area contributed by atoms with Gasteiger partial charge in [-0.25, -0.2) is 0 Å². The number of hydrogen-bond acceptors (Lipinski definition) is 3. The second-order valence-electron chi connectivity index (χ2n) is 4.95. The number of nitrogen functional groups attached to an aromatic ring is 1. The fourth-order valence-electron chi connectivity index (χ4n) is 2.69. The van der Waals surface area contributed by atoms with Crippen LogP contribution in [0.5, 0.6) is 0 Å². The van der Waals surface area contributed by atoms with Crippen LogP contribution < -0.4 is 5.73 Å².